The van der Waals surface area contributed by atoms with E-state index in [9.17, 15) is 22.8 Å². The van der Waals surface area contributed by atoms with Crippen molar-refractivity contribution in [3.63, 3.8) is 0 Å². The first-order chi connectivity index (χ1) is 14.7. The smallest absolute Gasteiger partial charge is 0.416 e. The minimum Gasteiger partial charge on any atom is -0.495 e. The van der Waals surface area contributed by atoms with E-state index in [0.717, 1.165) is 18.6 Å². The Morgan fingerprint density at radius 1 is 1.16 bits per heavy atom. The molecule has 1 atom stereocenters. The van der Waals surface area contributed by atoms with Crippen LogP contribution in [0.4, 0.5) is 18.9 Å². The highest BCUT2D eigenvalue weighted by Crippen LogP contribution is 2.34. The van der Waals surface area contributed by atoms with Gasteiger partial charge in [0, 0.05) is 6.07 Å². The average Bonchev–Trinajstić information content (AvgIpc) is 3.15. The molecule has 3 rings (SSSR count). The van der Waals surface area contributed by atoms with Crippen molar-refractivity contribution in [2.24, 2.45) is 5.73 Å². The number of nitrogens with one attached hydrogen (secondary N) is 1. The normalized spacial score (nSPS) is 16.7. The third-order valence-corrected chi connectivity index (χ3v) is 4.87. The van der Waals surface area contributed by atoms with Crippen molar-refractivity contribution < 1.29 is 32.2 Å². The number of anilines is 1. The Balaban J connectivity index is 1.74. The highest BCUT2D eigenvalue weighted by molar-refractivity contribution is 5.96. The van der Waals surface area contributed by atoms with Crippen molar-refractivity contribution in [2.75, 3.05) is 25.5 Å². The molecule has 1 saturated heterocycles. The number of halogens is 3. The molecular formula is C21H22F3N3O4. The molecule has 0 unspecified atom stereocenters. The standard InChI is InChI=1S/C21H22F3N3O4/c1-30-18-9-8-15(31-14-6-4-13(5-7-14)21(22,23)24)11-16(18)26-20(29)17-3-2-10-27(17)12-19(25)28/h4-9,11,17H,2-3,10,12H2,1H3,(H2,25,28)(H,26,29)/t17-/m0/s1. The summed E-state index contributed by atoms with van der Waals surface area (Å²) in [5.41, 5.74) is 4.81. The summed E-state index contributed by atoms with van der Waals surface area (Å²) >= 11 is 0. The molecule has 0 aromatic heterocycles. The Kier molecular flexibility index (Phi) is 6.69. The molecule has 2 aromatic rings. The molecule has 1 aliphatic rings. The van der Waals surface area contributed by atoms with E-state index in [2.05, 4.69) is 5.32 Å². The molecule has 10 heteroatoms. The fourth-order valence-corrected chi connectivity index (χ4v) is 3.42. The van der Waals surface area contributed by atoms with Crippen molar-refractivity contribution >= 4 is 17.5 Å². The van der Waals surface area contributed by atoms with Crippen LogP contribution in [-0.2, 0) is 15.8 Å². The predicted octanol–water partition coefficient (Wildman–Crippen LogP) is 3.39. The molecule has 0 radical (unpaired) electrons. The van der Waals surface area contributed by atoms with Crippen LogP contribution in [0, 0.1) is 0 Å². The molecule has 3 N–H and O–H groups in total. The van der Waals surface area contributed by atoms with Gasteiger partial charge in [0.2, 0.25) is 11.8 Å². The van der Waals surface area contributed by atoms with Crippen LogP contribution in [0.25, 0.3) is 0 Å². The van der Waals surface area contributed by atoms with Crippen LogP contribution in [0.15, 0.2) is 42.5 Å². The first kappa shape index (κ1) is 22.4. The zero-order chi connectivity index (χ0) is 22.6. The van der Waals surface area contributed by atoms with Gasteiger partial charge in [-0.3, -0.25) is 14.5 Å². The fraction of sp³-hybridized carbons (Fsp3) is 0.333. The number of nitrogens with two attached hydrogens (primary N) is 1. The van der Waals surface area contributed by atoms with Crippen LogP contribution in [0.5, 0.6) is 17.2 Å². The largest absolute Gasteiger partial charge is 0.495 e. The number of rotatable bonds is 7. The minimum absolute atomic E-state index is 0.00765. The van der Waals surface area contributed by atoms with Gasteiger partial charge < -0.3 is 20.5 Å². The van der Waals surface area contributed by atoms with Crippen LogP contribution >= 0.6 is 0 Å². The molecule has 7 nitrogen and oxygen atoms in total. The van der Waals surface area contributed by atoms with Gasteiger partial charge in [0.15, 0.2) is 0 Å². The number of carbonyl (C=O) groups excluding carboxylic acids is 2. The summed E-state index contributed by atoms with van der Waals surface area (Å²) in [6, 6.07) is 8.44. The summed E-state index contributed by atoms with van der Waals surface area (Å²) in [4.78, 5) is 25.7. The van der Waals surface area contributed by atoms with Crippen LogP contribution in [0.1, 0.15) is 18.4 Å². The highest BCUT2D eigenvalue weighted by atomic mass is 19.4. The molecule has 0 bridgehead atoms. The number of methoxy groups -OCH3 is 1. The second kappa shape index (κ2) is 9.25. The van der Waals surface area contributed by atoms with Crippen LogP contribution in [0.3, 0.4) is 0 Å². The lowest BCUT2D eigenvalue weighted by atomic mass is 10.2. The number of nitrogens with zero attached hydrogens (tertiary/aromatic N) is 1. The molecule has 1 aliphatic heterocycles. The Labute approximate surface area is 176 Å². The minimum atomic E-state index is -4.43. The van der Waals surface area contributed by atoms with Gasteiger partial charge in [0.05, 0.1) is 30.9 Å². The van der Waals surface area contributed by atoms with E-state index in [0.29, 0.717) is 30.2 Å². The van der Waals surface area contributed by atoms with E-state index in [1.807, 2.05) is 0 Å². The van der Waals surface area contributed by atoms with E-state index < -0.39 is 23.7 Å². The Morgan fingerprint density at radius 2 is 1.84 bits per heavy atom. The van der Waals surface area contributed by atoms with Crippen LogP contribution in [0.2, 0.25) is 0 Å². The average molecular weight is 437 g/mol. The van der Waals surface area contributed by atoms with Gasteiger partial charge in [-0.2, -0.15) is 13.2 Å². The van der Waals surface area contributed by atoms with Gasteiger partial charge in [-0.05, 0) is 55.8 Å². The molecule has 2 amide bonds. The predicted molar refractivity (Wildman–Crippen MR) is 107 cm³/mol. The topological polar surface area (TPSA) is 93.9 Å². The monoisotopic (exact) mass is 437 g/mol. The molecule has 2 aromatic carbocycles. The summed E-state index contributed by atoms with van der Waals surface area (Å²) in [6.45, 7) is 0.585. The number of hydrogen-bond donors (Lipinski definition) is 2. The maximum atomic E-state index is 12.8. The third-order valence-electron chi connectivity index (χ3n) is 4.87. The number of ether oxygens (including phenoxy) is 2. The second-order valence-corrected chi connectivity index (χ2v) is 7.07. The molecule has 0 spiro atoms. The maximum absolute atomic E-state index is 12.8. The third kappa shape index (κ3) is 5.66. The zero-order valence-corrected chi connectivity index (χ0v) is 16.7. The Bertz CT molecular complexity index is 948. The molecule has 1 heterocycles. The second-order valence-electron chi connectivity index (χ2n) is 7.07. The van der Waals surface area contributed by atoms with Crippen molar-refractivity contribution in [1.82, 2.24) is 4.90 Å². The van der Waals surface area contributed by atoms with Gasteiger partial charge in [-0.15, -0.1) is 0 Å². The lowest BCUT2D eigenvalue weighted by Gasteiger charge is -2.22. The highest BCUT2D eigenvalue weighted by Gasteiger charge is 2.32. The number of alkyl halides is 3. The Morgan fingerprint density at radius 3 is 2.45 bits per heavy atom. The quantitative estimate of drug-likeness (QED) is 0.693. The maximum Gasteiger partial charge on any atom is 0.416 e. The van der Waals surface area contributed by atoms with Gasteiger partial charge in [0.25, 0.3) is 0 Å². The number of amides is 2. The van der Waals surface area contributed by atoms with E-state index in [1.165, 1.54) is 25.3 Å². The van der Waals surface area contributed by atoms with Crippen molar-refractivity contribution in [1.29, 1.82) is 0 Å². The number of primary amides is 1. The van der Waals surface area contributed by atoms with E-state index in [1.54, 1.807) is 17.0 Å². The molecular weight excluding hydrogens is 415 g/mol. The lowest BCUT2D eigenvalue weighted by Crippen LogP contribution is -2.43. The van der Waals surface area contributed by atoms with Gasteiger partial charge in [-0.25, -0.2) is 0 Å². The van der Waals surface area contributed by atoms with E-state index in [-0.39, 0.29) is 18.2 Å². The lowest BCUT2D eigenvalue weighted by molar-refractivity contribution is -0.137. The summed E-state index contributed by atoms with van der Waals surface area (Å²) in [5, 5.41) is 2.78. The number of likely N-dealkylation sites (tertiary alicyclic amines) is 1. The van der Waals surface area contributed by atoms with E-state index >= 15 is 0 Å². The number of hydrogen-bond acceptors (Lipinski definition) is 5. The van der Waals surface area contributed by atoms with Crippen LogP contribution in [-0.4, -0.2) is 43.0 Å². The number of carbonyl (C=O) groups is 2. The summed E-state index contributed by atoms with van der Waals surface area (Å²) in [5.74, 6) is 0.0654. The van der Waals surface area contributed by atoms with Crippen LogP contribution < -0.4 is 20.5 Å². The molecule has 1 fully saturated rings. The van der Waals surface area contributed by atoms with Crippen molar-refractivity contribution in [3.8, 4) is 17.2 Å². The molecule has 0 saturated carbocycles. The summed E-state index contributed by atoms with van der Waals surface area (Å²) in [6.07, 6.45) is -3.08. The zero-order valence-electron chi connectivity index (χ0n) is 16.7. The van der Waals surface area contributed by atoms with Gasteiger partial charge in [-0.1, -0.05) is 0 Å². The summed E-state index contributed by atoms with van der Waals surface area (Å²) in [7, 11) is 1.44. The van der Waals surface area contributed by atoms with Crippen molar-refractivity contribution in [3.05, 3.63) is 48.0 Å². The molecule has 0 aliphatic carbocycles. The van der Waals surface area contributed by atoms with Gasteiger partial charge >= 0.3 is 6.18 Å². The molecule has 166 valence electrons. The fourth-order valence-electron chi connectivity index (χ4n) is 3.42. The Hall–Kier alpha value is -3.27. The SMILES string of the molecule is COc1ccc(Oc2ccc(C(F)(F)F)cc2)cc1NC(=O)[C@@H]1CCCN1CC(N)=O. The van der Waals surface area contributed by atoms with Gasteiger partial charge in [0.1, 0.15) is 17.2 Å². The number of benzene rings is 2. The first-order valence-corrected chi connectivity index (χ1v) is 9.54. The summed E-state index contributed by atoms with van der Waals surface area (Å²) < 4.78 is 49.0. The molecule has 31 heavy (non-hydrogen) atoms. The first-order valence-electron chi connectivity index (χ1n) is 9.54. The van der Waals surface area contributed by atoms with Crippen molar-refractivity contribution in [2.45, 2.75) is 25.1 Å². The van der Waals surface area contributed by atoms with E-state index in [4.69, 9.17) is 15.2 Å².